The van der Waals surface area contributed by atoms with Gasteiger partial charge in [0.05, 0.1) is 36.0 Å². The lowest BCUT2D eigenvalue weighted by Crippen LogP contribution is -2.27. The van der Waals surface area contributed by atoms with Crippen molar-refractivity contribution in [3.8, 4) is 11.3 Å². The fourth-order valence-corrected chi connectivity index (χ4v) is 2.34. The van der Waals surface area contributed by atoms with Gasteiger partial charge < -0.3 is 0 Å². The molecule has 3 rings (SSSR count). The molecule has 0 fully saturated rings. The van der Waals surface area contributed by atoms with Crippen LogP contribution in [0.15, 0.2) is 54.6 Å². The van der Waals surface area contributed by atoms with Crippen molar-refractivity contribution in [3.63, 3.8) is 0 Å². The van der Waals surface area contributed by atoms with Crippen LogP contribution in [-0.2, 0) is 16.1 Å². The molecular weight excluding hydrogens is 290 g/mol. The standard InChI is InChI=1S/C18H17N3O2/c1-21(23-2)17(22)12-16-18(13-8-4-3-5-9-13)20-15-11-7-6-10-14(15)19-16/h3-11H,12H2,1-2H3. The molecule has 5 nitrogen and oxygen atoms in total. The summed E-state index contributed by atoms with van der Waals surface area (Å²) in [5.41, 5.74) is 3.89. The van der Waals surface area contributed by atoms with Crippen LogP contribution >= 0.6 is 0 Å². The average molecular weight is 307 g/mol. The van der Waals surface area contributed by atoms with E-state index >= 15 is 0 Å². The van der Waals surface area contributed by atoms with Crippen LogP contribution in [0.5, 0.6) is 0 Å². The predicted octanol–water partition coefficient (Wildman–Crippen LogP) is 2.86. The largest absolute Gasteiger partial charge is 0.275 e. The Hall–Kier alpha value is -2.79. The highest BCUT2D eigenvalue weighted by Crippen LogP contribution is 2.23. The summed E-state index contributed by atoms with van der Waals surface area (Å²) in [4.78, 5) is 26.5. The second kappa shape index (κ2) is 6.54. The maximum absolute atomic E-state index is 12.2. The van der Waals surface area contributed by atoms with Gasteiger partial charge in [0, 0.05) is 12.6 Å². The van der Waals surface area contributed by atoms with Gasteiger partial charge in [0.2, 0.25) is 0 Å². The third-order valence-electron chi connectivity index (χ3n) is 3.63. The highest BCUT2D eigenvalue weighted by molar-refractivity contribution is 5.83. The van der Waals surface area contributed by atoms with Gasteiger partial charge in [-0.05, 0) is 12.1 Å². The minimum atomic E-state index is -0.172. The molecule has 3 aromatic rings. The first-order chi connectivity index (χ1) is 11.2. The molecule has 5 heteroatoms. The Balaban J connectivity index is 2.11. The van der Waals surface area contributed by atoms with Crippen LogP contribution in [0.25, 0.3) is 22.3 Å². The summed E-state index contributed by atoms with van der Waals surface area (Å²) >= 11 is 0. The molecule has 0 saturated heterocycles. The van der Waals surface area contributed by atoms with Crippen molar-refractivity contribution in [2.75, 3.05) is 14.2 Å². The van der Waals surface area contributed by atoms with E-state index in [9.17, 15) is 4.79 Å². The molecule has 0 unspecified atom stereocenters. The summed E-state index contributed by atoms with van der Waals surface area (Å²) in [7, 11) is 3.04. The zero-order valence-electron chi connectivity index (χ0n) is 13.1. The Bertz CT molecular complexity index is 834. The SMILES string of the molecule is CON(C)C(=O)Cc1nc2ccccc2nc1-c1ccccc1. The molecule has 0 atom stereocenters. The van der Waals surface area contributed by atoms with Gasteiger partial charge in [-0.25, -0.2) is 15.0 Å². The third-order valence-corrected chi connectivity index (χ3v) is 3.63. The fraction of sp³-hybridized carbons (Fsp3) is 0.167. The van der Waals surface area contributed by atoms with Gasteiger partial charge in [-0.1, -0.05) is 42.5 Å². The van der Waals surface area contributed by atoms with Gasteiger partial charge in [0.1, 0.15) is 0 Å². The number of carbonyl (C=O) groups is 1. The summed E-state index contributed by atoms with van der Waals surface area (Å²) < 4.78 is 0. The summed E-state index contributed by atoms with van der Waals surface area (Å²) in [6.07, 6.45) is 0.131. The smallest absolute Gasteiger partial charge is 0.251 e. The molecule has 23 heavy (non-hydrogen) atoms. The maximum atomic E-state index is 12.2. The number of hydrogen-bond donors (Lipinski definition) is 0. The fourth-order valence-electron chi connectivity index (χ4n) is 2.34. The zero-order chi connectivity index (χ0) is 16.2. The Labute approximate surface area is 134 Å². The molecule has 1 aromatic heterocycles. The highest BCUT2D eigenvalue weighted by Gasteiger charge is 2.16. The monoisotopic (exact) mass is 307 g/mol. The van der Waals surface area contributed by atoms with E-state index in [2.05, 4.69) is 4.98 Å². The maximum Gasteiger partial charge on any atom is 0.251 e. The average Bonchev–Trinajstić information content (AvgIpc) is 2.61. The van der Waals surface area contributed by atoms with Crippen molar-refractivity contribution in [1.82, 2.24) is 15.0 Å². The zero-order valence-corrected chi connectivity index (χ0v) is 13.1. The summed E-state index contributed by atoms with van der Waals surface area (Å²) in [5.74, 6) is -0.172. The Kier molecular flexibility index (Phi) is 4.30. The highest BCUT2D eigenvalue weighted by atomic mass is 16.7. The van der Waals surface area contributed by atoms with E-state index in [4.69, 9.17) is 9.82 Å². The van der Waals surface area contributed by atoms with Gasteiger partial charge in [-0.2, -0.15) is 0 Å². The predicted molar refractivity (Wildman–Crippen MR) is 88.5 cm³/mol. The number of hydrogen-bond acceptors (Lipinski definition) is 4. The van der Waals surface area contributed by atoms with E-state index in [0.717, 1.165) is 22.3 Å². The first kappa shape index (κ1) is 15.1. The number of nitrogens with zero attached hydrogens (tertiary/aromatic N) is 3. The number of amides is 1. The lowest BCUT2D eigenvalue weighted by atomic mass is 10.1. The molecule has 0 aliphatic rings. The molecule has 0 saturated carbocycles. The van der Waals surface area contributed by atoms with Crippen LogP contribution in [0.3, 0.4) is 0 Å². The molecular formula is C18H17N3O2. The molecule has 1 heterocycles. The number of benzene rings is 2. The lowest BCUT2D eigenvalue weighted by Gasteiger charge is -2.15. The normalized spacial score (nSPS) is 10.7. The van der Waals surface area contributed by atoms with Crippen molar-refractivity contribution in [3.05, 3.63) is 60.3 Å². The molecule has 0 radical (unpaired) electrons. The Morgan fingerprint density at radius 1 is 1.00 bits per heavy atom. The number of carbonyl (C=O) groups excluding carboxylic acids is 1. The second-order valence-electron chi connectivity index (χ2n) is 5.12. The first-order valence-electron chi connectivity index (χ1n) is 7.31. The Morgan fingerprint density at radius 2 is 1.61 bits per heavy atom. The van der Waals surface area contributed by atoms with Crippen LogP contribution in [0.4, 0.5) is 0 Å². The first-order valence-corrected chi connectivity index (χ1v) is 7.31. The van der Waals surface area contributed by atoms with Gasteiger partial charge in [0.25, 0.3) is 5.91 Å². The summed E-state index contributed by atoms with van der Waals surface area (Å²) in [5, 5.41) is 1.20. The van der Waals surface area contributed by atoms with Crippen LogP contribution in [0, 0.1) is 0 Å². The molecule has 0 bridgehead atoms. The van der Waals surface area contributed by atoms with Crippen molar-refractivity contribution < 1.29 is 9.63 Å². The van der Waals surface area contributed by atoms with Crippen LogP contribution in [-0.4, -0.2) is 35.1 Å². The third kappa shape index (κ3) is 3.19. The second-order valence-corrected chi connectivity index (χ2v) is 5.12. The van der Waals surface area contributed by atoms with Crippen LogP contribution in [0.1, 0.15) is 5.69 Å². The van der Waals surface area contributed by atoms with E-state index in [1.54, 1.807) is 7.05 Å². The van der Waals surface area contributed by atoms with Gasteiger partial charge in [-0.3, -0.25) is 9.63 Å². The number of hydroxylamine groups is 2. The van der Waals surface area contributed by atoms with Crippen molar-refractivity contribution in [2.45, 2.75) is 6.42 Å². The topological polar surface area (TPSA) is 55.3 Å². The molecule has 2 aromatic carbocycles. The van der Waals surface area contributed by atoms with Gasteiger partial charge in [-0.15, -0.1) is 0 Å². The molecule has 1 amide bonds. The minimum Gasteiger partial charge on any atom is -0.275 e. The van der Waals surface area contributed by atoms with Crippen molar-refractivity contribution >= 4 is 16.9 Å². The molecule has 0 aliphatic carbocycles. The summed E-state index contributed by atoms with van der Waals surface area (Å²) in [6.45, 7) is 0. The van der Waals surface area contributed by atoms with E-state index in [0.29, 0.717) is 5.69 Å². The number of rotatable bonds is 4. The van der Waals surface area contributed by atoms with E-state index in [1.165, 1.54) is 12.2 Å². The molecule has 0 spiro atoms. The van der Waals surface area contributed by atoms with Gasteiger partial charge >= 0.3 is 0 Å². The van der Waals surface area contributed by atoms with Crippen LogP contribution in [0.2, 0.25) is 0 Å². The Morgan fingerprint density at radius 3 is 2.26 bits per heavy atom. The molecule has 116 valence electrons. The van der Waals surface area contributed by atoms with Crippen molar-refractivity contribution in [2.24, 2.45) is 0 Å². The van der Waals surface area contributed by atoms with Crippen molar-refractivity contribution in [1.29, 1.82) is 0 Å². The van der Waals surface area contributed by atoms with Gasteiger partial charge in [0.15, 0.2) is 0 Å². The number of para-hydroxylation sites is 2. The number of fused-ring (bicyclic) bond motifs is 1. The molecule has 0 N–H and O–H groups in total. The minimum absolute atomic E-state index is 0.131. The molecule has 0 aliphatic heterocycles. The summed E-state index contributed by atoms with van der Waals surface area (Å²) in [6, 6.07) is 17.4. The van der Waals surface area contributed by atoms with E-state index < -0.39 is 0 Å². The quantitative estimate of drug-likeness (QED) is 0.696. The number of aromatic nitrogens is 2. The van der Waals surface area contributed by atoms with E-state index in [1.807, 2.05) is 54.6 Å². The lowest BCUT2D eigenvalue weighted by molar-refractivity contribution is -0.167. The number of likely N-dealkylation sites (N-methyl/N-ethyl adjacent to an activating group) is 1. The van der Waals surface area contributed by atoms with E-state index in [-0.39, 0.29) is 12.3 Å². The van der Waals surface area contributed by atoms with Crippen LogP contribution < -0.4 is 0 Å².